The first kappa shape index (κ1) is 10.2. The Balaban J connectivity index is 2.06. The Bertz CT molecular complexity index is 332. The standard InChI is InChI=1S/C13H17NO/c15-14-13-8-4-7-12(9-10-13)11-5-2-1-3-6-11/h1-3,5-6,12,15H,4,7-10H2. The zero-order valence-corrected chi connectivity index (χ0v) is 8.89. The molecule has 1 saturated carbocycles. The summed E-state index contributed by atoms with van der Waals surface area (Å²) in [4.78, 5) is 0. The minimum atomic E-state index is 0.644. The monoisotopic (exact) mass is 203 g/mol. The second-order valence-electron chi connectivity index (χ2n) is 4.20. The smallest absolute Gasteiger partial charge is 0.0571 e. The Labute approximate surface area is 90.6 Å². The summed E-state index contributed by atoms with van der Waals surface area (Å²) in [5, 5.41) is 12.1. The van der Waals surface area contributed by atoms with Crippen molar-refractivity contribution in [2.24, 2.45) is 5.16 Å². The summed E-state index contributed by atoms with van der Waals surface area (Å²) in [6.07, 6.45) is 5.36. The van der Waals surface area contributed by atoms with Gasteiger partial charge in [0.05, 0.1) is 5.71 Å². The minimum Gasteiger partial charge on any atom is -0.411 e. The molecule has 1 aromatic rings. The molecule has 80 valence electrons. The van der Waals surface area contributed by atoms with Gasteiger partial charge in [0, 0.05) is 0 Å². The molecule has 2 heteroatoms. The lowest BCUT2D eigenvalue weighted by atomic mass is 9.92. The first-order valence-corrected chi connectivity index (χ1v) is 5.65. The van der Waals surface area contributed by atoms with E-state index in [0.717, 1.165) is 31.4 Å². The molecule has 0 aromatic heterocycles. The van der Waals surface area contributed by atoms with Crippen molar-refractivity contribution in [1.29, 1.82) is 0 Å². The highest BCUT2D eigenvalue weighted by Gasteiger charge is 2.16. The Hall–Kier alpha value is -1.31. The van der Waals surface area contributed by atoms with E-state index in [9.17, 15) is 0 Å². The molecule has 1 N–H and O–H groups in total. The summed E-state index contributed by atoms with van der Waals surface area (Å²) in [7, 11) is 0. The van der Waals surface area contributed by atoms with Crippen LogP contribution in [-0.4, -0.2) is 10.9 Å². The molecule has 1 aromatic carbocycles. The maximum atomic E-state index is 8.76. The largest absolute Gasteiger partial charge is 0.411 e. The fourth-order valence-corrected chi connectivity index (χ4v) is 2.32. The number of oxime groups is 1. The third-order valence-corrected chi connectivity index (χ3v) is 3.21. The molecule has 1 aliphatic carbocycles. The Morgan fingerprint density at radius 2 is 1.87 bits per heavy atom. The lowest BCUT2D eigenvalue weighted by molar-refractivity contribution is 0.316. The first-order valence-electron chi connectivity index (χ1n) is 5.65. The summed E-state index contributed by atoms with van der Waals surface area (Å²) in [6, 6.07) is 10.7. The second-order valence-corrected chi connectivity index (χ2v) is 4.20. The normalized spacial score (nSPS) is 25.1. The second kappa shape index (κ2) is 4.96. The number of benzene rings is 1. The van der Waals surface area contributed by atoms with Gasteiger partial charge in [0.1, 0.15) is 0 Å². The summed E-state index contributed by atoms with van der Waals surface area (Å²) in [5.74, 6) is 0.644. The van der Waals surface area contributed by atoms with Gasteiger partial charge in [-0.25, -0.2) is 0 Å². The quantitative estimate of drug-likeness (QED) is 0.422. The molecule has 2 nitrogen and oxygen atoms in total. The summed E-state index contributed by atoms with van der Waals surface area (Å²) >= 11 is 0. The van der Waals surface area contributed by atoms with Gasteiger partial charge in [0.25, 0.3) is 0 Å². The molecule has 0 heterocycles. The number of nitrogens with zero attached hydrogens (tertiary/aromatic N) is 1. The third-order valence-electron chi connectivity index (χ3n) is 3.21. The van der Waals surface area contributed by atoms with Crippen LogP contribution in [0.15, 0.2) is 35.5 Å². The fraction of sp³-hybridized carbons (Fsp3) is 0.462. The van der Waals surface area contributed by atoms with Crippen LogP contribution in [0, 0.1) is 0 Å². The van der Waals surface area contributed by atoms with Crippen molar-refractivity contribution in [3.05, 3.63) is 35.9 Å². The maximum absolute atomic E-state index is 8.76. The van der Waals surface area contributed by atoms with E-state index in [1.165, 1.54) is 12.0 Å². The van der Waals surface area contributed by atoms with E-state index < -0.39 is 0 Å². The van der Waals surface area contributed by atoms with Crippen LogP contribution < -0.4 is 0 Å². The molecular formula is C13H17NO. The van der Waals surface area contributed by atoms with Gasteiger partial charge >= 0.3 is 0 Å². The predicted molar refractivity (Wildman–Crippen MR) is 61.5 cm³/mol. The molecule has 0 spiro atoms. The highest BCUT2D eigenvalue weighted by atomic mass is 16.4. The van der Waals surface area contributed by atoms with Crippen molar-refractivity contribution in [3.8, 4) is 0 Å². The van der Waals surface area contributed by atoms with Gasteiger partial charge in [0.15, 0.2) is 0 Å². The fourth-order valence-electron chi connectivity index (χ4n) is 2.32. The summed E-state index contributed by atoms with van der Waals surface area (Å²) < 4.78 is 0. The van der Waals surface area contributed by atoms with E-state index in [1.54, 1.807) is 0 Å². The first-order chi connectivity index (χ1) is 7.40. The van der Waals surface area contributed by atoms with Crippen LogP contribution in [-0.2, 0) is 0 Å². The van der Waals surface area contributed by atoms with Crippen LogP contribution in [0.25, 0.3) is 0 Å². The van der Waals surface area contributed by atoms with Crippen molar-refractivity contribution < 1.29 is 5.21 Å². The Morgan fingerprint density at radius 1 is 1.07 bits per heavy atom. The molecule has 1 atom stereocenters. The van der Waals surface area contributed by atoms with Crippen LogP contribution in [0.4, 0.5) is 0 Å². The van der Waals surface area contributed by atoms with E-state index in [0.29, 0.717) is 5.92 Å². The zero-order valence-electron chi connectivity index (χ0n) is 8.89. The van der Waals surface area contributed by atoms with Gasteiger partial charge < -0.3 is 5.21 Å². The van der Waals surface area contributed by atoms with E-state index in [4.69, 9.17) is 5.21 Å². The van der Waals surface area contributed by atoms with Gasteiger partial charge in [-0.3, -0.25) is 0 Å². The topological polar surface area (TPSA) is 32.6 Å². The SMILES string of the molecule is ON=C1CCCC(c2ccccc2)CC1. The van der Waals surface area contributed by atoms with E-state index >= 15 is 0 Å². The Morgan fingerprint density at radius 3 is 2.60 bits per heavy atom. The van der Waals surface area contributed by atoms with Crippen molar-refractivity contribution in [2.75, 3.05) is 0 Å². The van der Waals surface area contributed by atoms with Crippen molar-refractivity contribution in [2.45, 2.75) is 38.0 Å². The third kappa shape index (κ3) is 2.58. The van der Waals surface area contributed by atoms with Crippen LogP contribution in [0.3, 0.4) is 0 Å². The Kier molecular flexibility index (Phi) is 3.38. The number of rotatable bonds is 1. The highest BCUT2D eigenvalue weighted by molar-refractivity contribution is 5.84. The summed E-state index contributed by atoms with van der Waals surface area (Å²) in [5.41, 5.74) is 2.39. The number of hydrogen-bond donors (Lipinski definition) is 1. The lowest BCUT2D eigenvalue weighted by Gasteiger charge is -2.13. The van der Waals surface area contributed by atoms with Crippen molar-refractivity contribution in [3.63, 3.8) is 0 Å². The van der Waals surface area contributed by atoms with Gasteiger partial charge in [-0.15, -0.1) is 0 Å². The average molecular weight is 203 g/mol. The molecule has 1 fully saturated rings. The van der Waals surface area contributed by atoms with E-state index in [1.807, 2.05) is 0 Å². The van der Waals surface area contributed by atoms with Gasteiger partial charge in [-0.05, 0) is 43.6 Å². The number of hydrogen-bond acceptors (Lipinski definition) is 2. The summed E-state index contributed by atoms with van der Waals surface area (Å²) in [6.45, 7) is 0. The molecule has 0 saturated heterocycles. The molecule has 1 aliphatic rings. The van der Waals surface area contributed by atoms with Crippen LogP contribution in [0.2, 0.25) is 0 Å². The van der Waals surface area contributed by atoms with Crippen molar-refractivity contribution >= 4 is 5.71 Å². The van der Waals surface area contributed by atoms with Crippen LogP contribution >= 0.6 is 0 Å². The van der Waals surface area contributed by atoms with Crippen LogP contribution in [0.1, 0.15) is 43.6 Å². The molecule has 15 heavy (non-hydrogen) atoms. The van der Waals surface area contributed by atoms with Gasteiger partial charge in [-0.2, -0.15) is 0 Å². The van der Waals surface area contributed by atoms with E-state index in [2.05, 4.69) is 35.5 Å². The van der Waals surface area contributed by atoms with E-state index in [-0.39, 0.29) is 0 Å². The minimum absolute atomic E-state index is 0.644. The van der Waals surface area contributed by atoms with Gasteiger partial charge in [0.2, 0.25) is 0 Å². The van der Waals surface area contributed by atoms with Crippen molar-refractivity contribution in [1.82, 2.24) is 0 Å². The molecule has 0 radical (unpaired) electrons. The van der Waals surface area contributed by atoms with Gasteiger partial charge in [-0.1, -0.05) is 35.5 Å². The molecule has 2 rings (SSSR count). The zero-order chi connectivity index (χ0) is 10.5. The molecule has 0 aliphatic heterocycles. The lowest BCUT2D eigenvalue weighted by Crippen LogP contribution is -1.98. The van der Waals surface area contributed by atoms with Crippen LogP contribution in [0.5, 0.6) is 0 Å². The molecule has 1 unspecified atom stereocenters. The highest BCUT2D eigenvalue weighted by Crippen LogP contribution is 2.30. The molecule has 0 bridgehead atoms. The molecular weight excluding hydrogens is 186 g/mol. The molecule has 0 amide bonds. The predicted octanol–water partition coefficient (Wildman–Crippen LogP) is 3.56. The average Bonchev–Trinajstić information content (AvgIpc) is 2.55. The maximum Gasteiger partial charge on any atom is 0.0571 e.